The van der Waals surface area contributed by atoms with Gasteiger partial charge in [-0.1, -0.05) is 48.5 Å². The maximum absolute atomic E-state index is 12.7. The van der Waals surface area contributed by atoms with Gasteiger partial charge in [0, 0.05) is 18.4 Å². The van der Waals surface area contributed by atoms with Crippen LogP contribution < -0.4 is 10.6 Å². The van der Waals surface area contributed by atoms with E-state index >= 15 is 0 Å². The van der Waals surface area contributed by atoms with E-state index in [0.717, 1.165) is 28.7 Å². The Morgan fingerprint density at radius 1 is 1.06 bits per heavy atom. The molecule has 2 aliphatic rings. The Morgan fingerprint density at radius 3 is 2.24 bits per heavy atom. The summed E-state index contributed by atoms with van der Waals surface area (Å²) in [6, 6.07) is 14.7. The average Bonchev–Trinajstić information content (AvgIpc) is 3.31. The third-order valence-electron chi connectivity index (χ3n) is 6.61. The number of hydrogen-bond donors (Lipinski definition) is 3. The zero-order valence-corrected chi connectivity index (χ0v) is 19.3. The topological polar surface area (TPSA) is 114 Å². The van der Waals surface area contributed by atoms with Crippen LogP contribution in [0.3, 0.4) is 0 Å². The Hall–Kier alpha value is -3.39. The summed E-state index contributed by atoms with van der Waals surface area (Å²) in [6.07, 6.45) is -0.433. The molecule has 2 aromatic rings. The Balaban J connectivity index is 1.36. The first-order chi connectivity index (χ1) is 16.3. The van der Waals surface area contributed by atoms with Crippen LogP contribution in [0.4, 0.5) is 4.79 Å². The molecule has 0 radical (unpaired) electrons. The first-order valence-corrected chi connectivity index (χ1v) is 11.6. The number of hydrogen-bond acceptors (Lipinski definition) is 5. The number of carboxylic acid groups (broad SMARTS) is 1. The molecule has 8 heteroatoms. The average molecular weight is 467 g/mol. The molecular formula is C26H30N2O6. The second kappa shape index (κ2) is 10.3. The molecule has 0 aromatic heterocycles. The van der Waals surface area contributed by atoms with Gasteiger partial charge in [0.1, 0.15) is 12.6 Å². The Bertz CT molecular complexity index is 1030. The largest absolute Gasteiger partial charge is 0.481 e. The lowest BCUT2D eigenvalue weighted by Crippen LogP contribution is -2.49. The highest BCUT2D eigenvalue weighted by Gasteiger charge is 2.32. The molecule has 1 fully saturated rings. The van der Waals surface area contributed by atoms with Gasteiger partial charge in [-0.2, -0.15) is 0 Å². The van der Waals surface area contributed by atoms with Crippen molar-refractivity contribution >= 4 is 18.0 Å². The maximum atomic E-state index is 12.7. The molecular weight excluding hydrogens is 436 g/mol. The van der Waals surface area contributed by atoms with Gasteiger partial charge in [-0.15, -0.1) is 0 Å². The molecule has 0 saturated carbocycles. The van der Waals surface area contributed by atoms with Crippen LogP contribution in [-0.4, -0.2) is 54.5 Å². The molecule has 4 unspecified atom stereocenters. The van der Waals surface area contributed by atoms with E-state index in [2.05, 4.69) is 10.6 Å². The van der Waals surface area contributed by atoms with Crippen molar-refractivity contribution in [3.8, 4) is 11.1 Å². The van der Waals surface area contributed by atoms with Gasteiger partial charge < -0.3 is 25.2 Å². The first kappa shape index (κ1) is 23.8. The van der Waals surface area contributed by atoms with E-state index < -0.39 is 30.4 Å². The van der Waals surface area contributed by atoms with E-state index in [0.29, 0.717) is 6.54 Å². The van der Waals surface area contributed by atoms with Crippen molar-refractivity contribution in [3.05, 3.63) is 59.7 Å². The van der Waals surface area contributed by atoms with Crippen LogP contribution in [0.15, 0.2) is 48.5 Å². The van der Waals surface area contributed by atoms with Gasteiger partial charge in [0.15, 0.2) is 0 Å². The zero-order chi connectivity index (χ0) is 24.2. The van der Waals surface area contributed by atoms with Crippen molar-refractivity contribution in [2.24, 2.45) is 5.92 Å². The number of amides is 2. The van der Waals surface area contributed by atoms with Gasteiger partial charge in [0.25, 0.3) is 0 Å². The number of benzene rings is 2. The third kappa shape index (κ3) is 5.22. The lowest BCUT2D eigenvalue weighted by Gasteiger charge is -2.20. The molecule has 4 rings (SSSR count). The summed E-state index contributed by atoms with van der Waals surface area (Å²) in [7, 11) is 0. The van der Waals surface area contributed by atoms with Crippen LogP contribution in [0.2, 0.25) is 0 Å². The molecule has 0 spiro atoms. The van der Waals surface area contributed by atoms with Gasteiger partial charge in [-0.3, -0.25) is 9.59 Å². The minimum atomic E-state index is -1.23. The molecule has 8 nitrogen and oxygen atoms in total. The fourth-order valence-corrected chi connectivity index (χ4v) is 4.92. The van der Waals surface area contributed by atoms with Gasteiger partial charge in [0.2, 0.25) is 5.91 Å². The van der Waals surface area contributed by atoms with Gasteiger partial charge in [0.05, 0.1) is 18.6 Å². The molecule has 2 amide bonds. The summed E-state index contributed by atoms with van der Waals surface area (Å²) >= 11 is 0. The molecule has 1 aliphatic carbocycles. The minimum absolute atomic E-state index is 0.00307. The second-order valence-electron chi connectivity index (χ2n) is 9.01. The number of carbonyl (C=O) groups excluding carboxylic acids is 2. The number of carbonyl (C=O) groups is 3. The number of carboxylic acids is 1. The summed E-state index contributed by atoms with van der Waals surface area (Å²) in [6.45, 7) is 4.36. The molecule has 1 aliphatic heterocycles. The Labute approximate surface area is 198 Å². The van der Waals surface area contributed by atoms with E-state index in [1.807, 2.05) is 62.4 Å². The first-order valence-electron chi connectivity index (χ1n) is 11.6. The minimum Gasteiger partial charge on any atom is -0.481 e. The van der Waals surface area contributed by atoms with Gasteiger partial charge in [-0.25, -0.2) is 4.79 Å². The smallest absolute Gasteiger partial charge is 0.407 e. The number of nitrogens with one attached hydrogen (secondary N) is 2. The van der Waals surface area contributed by atoms with Crippen LogP contribution in [0.1, 0.15) is 43.7 Å². The lowest BCUT2D eigenvalue weighted by atomic mass is 9.98. The van der Waals surface area contributed by atoms with Crippen molar-refractivity contribution in [1.82, 2.24) is 10.6 Å². The Morgan fingerprint density at radius 2 is 1.68 bits per heavy atom. The normalized spacial score (nSPS) is 21.9. The number of aliphatic carboxylic acids is 1. The lowest BCUT2D eigenvalue weighted by molar-refractivity contribution is -0.139. The van der Waals surface area contributed by atoms with Crippen LogP contribution in [-0.2, 0) is 19.1 Å². The fraction of sp³-hybridized carbons (Fsp3) is 0.423. The standard InChI is InChI=1S/C26H30N2O6/c1-15-11-17(16(2)34-15)13-27-25(31)23(12-24(29)30)28-26(32)33-14-22-20-9-5-3-7-18(20)19-8-4-6-10-21(19)22/h3-10,15-17,22-23H,11-14H2,1-2H3,(H,27,31)(H,28,32)(H,29,30). The summed E-state index contributed by atoms with van der Waals surface area (Å²) < 4.78 is 11.2. The summed E-state index contributed by atoms with van der Waals surface area (Å²) in [5.74, 6) is -1.73. The summed E-state index contributed by atoms with van der Waals surface area (Å²) in [5, 5.41) is 14.4. The molecule has 3 N–H and O–H groups in total. The molecule has 34 heavy (non-hydrogen) atoms. The number of ether oxygens (including phenoxy) is 2. The van der Waals surface area contributed by atoms with E-state index in [-0.39, 0.29) is 30.7 Å². The highest BCUT2D eigenvalue weighted by atomic mass is 16.5. The van der Waals surface area contributed by atoms with Crippen LogP contribution in [0.25, 0.3) is 11.1 Å². The van der Waals surface area contributed by atoms with Crippen molar-refractivity contribution in [2.45, 2.75) is 50.9 Å². The van der Waals surface area contributed by atoms with Gasteiger partial charge in [-0.05, 0) is 42.5 Å². The van der Waals surface area contributed by atoms with E-state index in [1.165, 1.54) is 0 Å². The van der Waals surface area contributed by atoms with Crippen molar-refractivity contribution in [2.75, 3.05) is 13.2 Å². The molecule has 180 valence electrons. The molecule has 0 bridgehead atoms. The molecule has 4 atom stereocenters. The summed E-state index contributed by atoms with van der Waals surface area (Å²) in [4.78, 5) is 36.5. The molecule has 1 saturated heterocycles. The van der Waals surface area contributed by atoms with E-state index in [4.69, 9.17) is 9.47 Å². The van der Waals surface area contributed by atoms with Crippen molar-refractivity contribution < 1.29 is 29.0 Å². The third-order valence-corrected chi connectivity index (χ3v) is 6.61. The predicted octanol–water partition coefficient (Wildman–Crippen LogP) is 3.30. The van der Waals surface area contributed by atoms with Crippen molar-refractivity contribution in [3.63, 3.8) is 0 Å². The zero-order valence-electron chi connectivity index (χ0n) is 19.3. The highest BCUT2D eigenvalue weighted by Crippen LogP contribution is 2.44. The Kier molecular flexibility index (Phi) is 7.17. The number of rotatable bonds is 8. The number of fused-ring (bicyclic) bond motifs is 3. The fourth-order valence-electron chi connectivity index (χ4n) is 4.92. The highest BCUT2D eigenvalue weighted by molar-refractivity contribution is 5.89. The second-order valence-corrected chi connectivity index (χ2v) is 9.01. The van der Waals surface area contributed by atoms with Crippen LogP contribution in [0, 0.1) is 5.92 Å². The van der Waals surface area contributed by atoms with Gasteiger partial charge >= 0.3 is 12.1 Å². The summed E-state index contributed by atoms with van der Waals surface area (Å²) in [5.41, 5.74) is 4.35. The van der Waals surface area contributed by atoms with E-state index in [1.54, 1.807) is 0 Å². The van der Waals surface area contributed by atoms with Crippen LogP contribution in [0.5, 0.6) is 0 Å². The molecule has 2 aromatic carbocycles. The quantitative estimate of drug-likeness (QED) is 0.550. The van der Waals surface area contributed by atoms with E-state index in [9.17, 15) is 19.5 Å². The van der Waals surface area contributed by atoms with Crippen molar-refractivity contribution in [1.29, 1.82) is 0 Å². The molecule has 1 heterocycles. The number of alkyl carbamates (subject to hydrolysis) is 1. The SMILES string of the molecule is CC1CC(CNC(=O)C(CC(=O)O)NC(=O)OCC2c3ccccc3-c3ccccc32)C(C)O1. The maximum Gasteiger partial charge on any atom is 0.407 e. The predicted molar refractivity (Wildman–Crippen MR) is 125 cm³/mol. The monoisotopic (exact) mass is 466 g/mol. The van der Waals surface area contributed by atoms with Crippen LogP contribution >= 0.6 is 0 Å².